The van der Waals surface area contributed by atoms with Crippen molar-refractivity contribution in [2.45, 2.75) is 19.0 Å². The van der Waals surface area contributed by atoms with Crippen LogP contribution in [0.2, 0.25) is 0 Å². The van der Waals surface area contributed by atoms with E-state index in [0.717, 1.165) is 6.42 Å². The SMILES string of the molecule is COC[C@@]1(C(F)(F)F)CCN(CCCN)C1. The van der Waals surface area contributed by atoms with Crippen LogP contribution in [0.15, 0.2) is 0 Å². The highest BCUT2D eigenvalue weighted by atomic mass is 19.4. The van der Waals surface area contributed by atoms with Crippen LogP contribution in [-0.2, 0) is 4.74 Å². The van der Waals surface area contributed by atoms with Crippen molar-refractivity contribution < 1.29 is 17.9 Å². The molecule has 1 heterocycles. The molecule has 0 spiro atoms. The van der Waals surface area contributed by atoms with Crippen LogP contribution in [-0.4, -0.2) is 51.0 Å². The third-order valence-electron chi connectivity index (χ3n) is 3.13. The van der Waals surface area contributed by atoms with E-state index in [-0.39, 0.29) is 19.6 Å². The van der Waals surface area contributed by atoms with E-state index >= 15 is 0 Å². The highest BCUT2D eigenvalue weighted by molar-refractivity contribution is 4.95. The summed E-state index contributed by atoms with van der Waals surface area (Å²) in [6.07, 6.45) is -3.34. The van der Waals surface area contributed by atoms with E-state index in [2.05, 4.69) is 0 Å². The first-order valence-electron chi connectivity index (χ1n) is 5.43. The van der Waals surface area contributed by atoms with Crippen LogP contribution in [0, 0.1) is 5.41 Å². The van der Waals surface area contributed by atoms with Crippen molar-refractivity contribution >= 4 is 0 Å². The highest BCUT2D eigenvalue weighted by Crippen LogP contribution is 2.45. The molecule has 0 aromatic heterocycles. The van der Waals surface area contributed by atoms with Crippen LogP contribution in [0.3, 0.4) is 0 Å². The standard InChI is InChI=1S/C10H19F3N2O/c1-16-8-9(10(11,12)13)3-6-15(7-9)5-2-4-14/h2-8,14H2,1H3/t9-/m1/s1. The molecule has 0 aromatic rings. The molecule has 0 aliphatic carbocycles. The van der Waals surface area contributed by atoms with E-state index < -0.39 is 11.6 Å². The van der Waals surface area contributed by atoms with Crippen molar-refractivity contribution in [2.75, 3.05) is 39.9 Å². The zero-order valence-electron chi connectivity index (χ0n) is 9.52. The van der Waals surface area contributed by atoms with Gasteiger partial charge < -0.3 is 15.4 Å². The summed E-state index contributed by atoms with van der Waals surface area (Å²) in [5, 5.41) is 0. The first-order valence-corrected chi connectivity index (χ1v) is 5.43. The zero-order chi connectivity index (χ0) is 12.2. The number of hydrogen-bond acceptors (Lipinski definition) is 3. The second kappa shape index (κ2) is 5.33. The third kappa shape index (κ3) is 2.87. The lowest BCUT2D eigenvalue weighted by molar-refractivity contribution is -0.233. The number of hydrogen-bond donors (Lipinski definition) is 1. The molecular formula is C10H19F3N2O. The lowest BCUT2D eigenvalue weighted by atomic mass is 9.87. The molecule has 1 atom stereocenters. The minimum Gasteiger partial charge on any atom is -0.384 e. The molecule has 16 heavy (non-hydrogen) atoms. The van der Waals surface area contributed by atoms with Gasteiger partial charge in [-0.2, -0.15) is 13.2 Å². The lowest BCUT2D eigenvalue weighted by Crippen LogP contribution is -2.44. The van der Waals surface area contributed by atoms with Gasteiger partial charge >= 0.3 is 6.18 Å². The molecule has 0 amide bonds. The molecule has 96 valence electrons. The normalized spacial score (nSPS) is 27.6. The summed E-state index contributed by atoms with van der Waals surface area (Å²) in [7, 11) is 1.32. The molecule has 1 rings (SSSR count). The van der Waals surface area contributed by atoms with Gasteiger partial charge in [0.2, 0.25) is 0 Å². The Balaban J connectivity index is 2.62. The van der Waals surface area contributed by atoms with Crippen LogP contribution in [0.25, 0.3) is 0 Å². The van der Waals surface area contributed by atoms with E-state index in [1.807, 2.05) is 4.90 Å². The van der Waals surface area contributed by atoms with E-state index in [9.17, 15) is 13.2 Å². The number of methoxy groups -OCH3 is 1. The fourth-order valence-electron chi connectivity index (χ4n) is 2.17. The quantitative estimate of drug-likeness (QED) is 0.785. The number of halogens is 3. The first kappa shape index (κ1) is 13.7. The van der Waals surface area contributed by atoms with Gasteiger partial charge in [0.25, 0.3) is 0 Å². The van der Waals surface area contributed by atoms with Gasteiger partial charge in [-0.25, -0.2) is 0 Å². The smallest absolute Gasteiger partial charge is 0.384 e. The molecule has 3 nitrogen and oxygen atoms in total. The lowest BCUT2D eigenvalue weighted by Gasteiger charge is -2.31. The van der Waals surface area contributed by atoms with Crippen molar-refractivity contribution in [1.29, 1.82) is 0 Å². The minimum atomic E-state index is -4.19. The Morgan fingerprint density at radius 3 is 2.62 bits per heavy atom. The van der Waals surface area contributed by atoms with Gasteiger partial charge in [0.15, 0.2) is 0 Å². The van der Waals surface area contributed by atoms with Crippen LogP contribution in [0.5, 0.6) is 0 Å². The van der Waals surface area contributed by atoms with Crippen LogP contribution in [0.1, 0.15) is 12.8 Å². The summed E-state index contributed by atoms with van der Waals surface area (Å²) in [6, 6.07) is 0. The Morgan fingerprint density at radius 1 is 1.44 bits per heavy atom. The maximum atomic E-state index is 13.0. The van der Waals surface area contributed by atoms with Crippen molar-refractivity contribution in [3.05, 3.63) is 0 Å². The average molecular weight is 240 g/mol. The Hall–Kier alpha value is -0.330. The largest absolute Gasteiger partial charge is 0.397 e. The second-order valence-electron chi connectivity index (χ2n) is 4.38. The molecule has 0 unspecified atom stereocenters. The fraction of sp³-hybridized carbons (Fsp3) is 1.00. The first-order chi connectivity index (χ1) is 7.45. The summed E-state index contributed by atoms with van der Waals surface area (Å²) >= 11 is 0. The van der Waals surface area contributed by atoms with Gasteiger partial charge in [-0.1, -0.05) is 0 Å². The summed E-state index contributed by atoms with van der Waals surface area (Å²) in [5.41, 5.74) is 3.66. The molecule has 0 aromatic carbocycles. The molecule has 1 aliphatic heterocycles. The zero-order valence-corrected chi connectivity index (χ0v) is 9.52. The topological polar surface area (TPSA) is 38.5 Å². The van der Waals surface area contributed by atoms with E-state index in [4.69, 9.17) is 10.5 Å². The molecular weight excluding hydrogens is 221 g/mol. The van der Waals surface area contributed by atoms with Crippen molar-refractivity contribution in [3.63, 3.8) is 0 Å². The van der Waals surface area contributed by atoms with Crippen LogP contribution >= 0.6 is 0 Å². The number of nitrogens with two attached hydrogens (primary N) is 1. The Morgan fingerprint density at radius 2 is 2.12 bits per heavy atom. The molecule has 1 fully saturated rings. The molecule has 2 N–H and O–H groups in total. The Bertz CT molecular complexity index is 223. The summed E-state index contributed by atoms with van der Waals surface area (Å²) in [5.74, 6) is 0. The van der Waals surface area contributed by atoms with Gasteiger partial charge in [0.1, 0.15) is 5.41 Å². The number of nitrogens with zero attached hydrogens (tertiary/aromatic N) is 1. The predicted molar refractivity (Wildman–Crippen MR) is 55.1 cm³/mol. The number of rotatable bonds is 5. The van der Waals surface area contributed by atoms with Gasteiger partial charge in [-0.15, -0.1) is 0 Å². The van der Waals surface area contributed by atoms with E-state index in [0.29, 0.717) is 19.6 Å². The number of alkyl halides is 3. The van der Waals surface area contributed by atoms with Crippen molar-refractivity contribution in [2.24, 2.45) is 11.1 Å². The molecule has 6 heteroatoms. The second-order valence-corrected chi connectivity index (χ2v) is 4.38. The third-order valence-corrected chi connectivity index (χ3v) is 3.13. The van der Waals surface area contributed by atoms with Crippen LogP contribution < -0.4 is 5.73 Å². The molecule has 0 bridgehead atoms. The summed E-state index contributed by atoms with van der Waals surface area (Å²) < 4.78 is 43.6. The highest BCUT2D eigenvalue weighted by Gasteiger charge is 2.57. The monoisotopic (exact) mass is 240 g/mol. The predicted octanol–water partition coefficient (Wildman–Crippen LogP) is 1.24. The number of likely N-dealkylation sites (tertiary alicyclic amines) is 1. The summed E-state index contributed by atoms with van der Waals surface area (Å²) in [6.45, 7) is 1.40. The Labute approximate surface area is 93.7 Å². The van der Waals surface area contributed by atoms with E-state index in [1.54, 1.807) is 0 Å². The number of ether oxygens (including phenoxy) is 1. The molecule has 0 radical (unpaired) electrons. The average Bonchev–Trinajstić information content (AvgIpc) is 2.59. The van der Waals surface area contributed by atoms with Gasteiger partial charge in [-0.3, -0.25) is 0 Å². The maximum absolute atomic E-state index is 13.0. The van der Waals surface area contributed by atoms with Crippen LogP contribution in [0.4, 0.5) is 13.2 Å². The van der Waals surface area contributed by atoms with Gasteiger partial charge in [0.05, 0.1) is 6.61 Å². The van der Waals surface area contributed by atoms with Crippen molar-refractivity contribution in [3.8, 4) is 0 Å². The summed E-state index contributed by atoms with van der Waals surface area (Å²) in [4.78, 5) is 1.82. The maximum Gasteiger partial charge on any atom is 0.397 e. The molecule has 1 aliphatic rings. The Kier molecular flexibility index (Phi) is 4.58. The molecule has 1 saturated heterocycles. The fourth-order valence-corrected chi connectivity index (χ4v) is 2.17. The van der Waals surface area contributed by atoms with Gasteiger partial charge in [0, 0.05) is 13.7 Å². The van der Waals surface area contributed by atoms with Gasteiger partial charge in [-0.05, 0) is 32.5 Å². The van der Waals surface area contributed by atoms with E-state index in [1.165, 1.54) is 7.11 Å². The minimum absolute atomic E-state index is 0.0321. The molecule has 0 saturated carbocycles. The van der Waals surface area contributed by atoms with Crippen molar-refractivity contribution in [1.82, 2.24) is 4.90 Å².